The summed E-state index contributed by atoms with van der Waals surface area (Å²) < 4.78 is 11.1. The summed E-state index contributed by atoms with van der Waals surface area (Å²) in [5.74, 6) is 1.65. The molecule has 0 saturated heterocycles. The average Bonchev–Trinajstić information content (AvgIpc) is 2.60. The highest BCUT2D eigenvalue weighted by atomic mass is 16.5. The van der Waals surface area contributed by atoms with Crippen molar-refractivity contribution < 1.29 is 9.15 Å². The summed E-state index contributed by atoms with van der Waals surface area (Å²) in [4.78, 5) is 4.18. The van der Waals surface area contributed by atoms with Crippen LogP contribution in [0.3, 0.4) is 0 Å². The molecule has 2 rings (SSSR count). The Hall–Kier alpha value is -0.870. The predicted octanol–water partition coefficient (Wildman–Crippen LogP) is 1.29. The molecule has 1 aromatic heterocycles. The number of methoxy groups -OCH3 is 1. The first-order chi connectivity index (χ1) is 7.28. The second kappa shape index (κ2) is 4.33. The van der Waals surface area contributed by atoms with Crippen molar-refractivity contribution in [2.45, 2.75) is 37.7 Å². The van der Waals surface area contributed by atoms with Gasteiger partial charge < -0.3 is 14.9 Å². The maximum atomic E-state index is 5.59. The summed E-state index contributed by atoms with van der Waals surface area (Å²) in [5, 5.41) is 0. The molecule has 0 unspecified atom stereocenters. The van der Waals surface area contributed by atoms with Crippen LogP contribution in [0.5, 0.6) is 0 Å². The molecule has 4 nitrogen and oxygen atoms in total. The number of hydrogen-bond donors (Lipinski definition) is 1. The zero-order valence-electron chi connectivity index (χ0n) is 9.16. The Morgan fingerprint density at radius 1 is 1.60 bits per heavy atom. The van der Waals surface area contributed by atoms with Gasteiger partial charge in [-0.25, -0.2) is 4.98 Å². The second-order valence-corrected chi connectivity index (χ2v) is 4.18. The molecule has 15 heavy (non-hydrogen) atoms. The number of nitrogens with zero attached hydrogens (tertiary/aromatic N) is 1. The van der Waals surface area contributed by atoms with Gasteiger partial charge in [0.25, 0.3) is 0 Å². The molecule has 0 radical (unpaired) electrons. The van der Waals surface area contributed by atoms with E-state index in [1.165, 1.54) is 6.42 Å². The smallest absolute Gasteiger partial charge is 0.195 e. The molecule has 0 atom stereocenters. The number of rotatable bonds is 5. The first-order valence-corrected chi connectivity index (χ1v) is 5.47. The van der Waals surface area contributed by atoms with Crippen LogP contribution in [0, 0.1) is 0 Å². The Bertz CT molecular complexity index is 313. The van der Waals surface area contributed by atoms with Crippen molar-refractivity contribution in [2.24, 2.45) is 5.73 Å². The van der Waals surface area contributed by atoms with Crippen LogP contribution in [-0.2, 0) is 17.6 Å². The largest absolute Gasteiger partial charge is 0.446 e. The minimum atomic E-state index is 0.0134. The quantitative estimate of drug-likeness (QED) is 0.795. The minimum Gasteiger partial charge on any atom is -0.446 e. The Labute approximate surface area is 89.8 Å². The third-order valence-electron chi connectivity index (χ3n) is 3.15. The third kappa shape index (κ3) is 2.21. The summed E-state index contributed by atoms with van der Waals surface area (Å²) in [7, 11) is 1.77. The highest BCUT2D eigenvalue weighted by Gasteiger charge is 2.38. The molecule has 0 aromatic carbocycles. The molecule has 0 spiro atoms. The summed E-state index contributed by atoms with van der Waals surface area (Å²) in [5.41, 5.74) is 5.45. The lowest BCUT2D eigenvalue weighted by Crippen LogP contribution is -2.41. The predicted molar refractivity (Wildman–Crippen MR) is 56.6 cm³/mol. The lowest BCUT2D eigenvalue weighted by molar-refractivity contribution is -0.0738. The molecule has 1 aromatic rings. The fourth-order valence-corrected chi connectivity index (χ4v) is 2.01. The standard InChI is InChI=1S/C11H18N2O2/c1-14-11(4-2-5-11)7-9-8-13-10(15-9)3-6-12/h8H,2-7,12H2,1H3. The van der Waals surface area contributed by atoms with Gasteiger partial charge in [-0.1, -0.05) is 0 Å². The molecule has 1 saturated carbocycles. The normalized spacial score (nSPS) is 18.8. The molecular weight excluding hydrogens is 192 g/mol. The van der Waals surface area contributed by atoms with E-state index in [0.29, 0.717) is 13.0 Å². The van der Waals surface area contributed by atoms with Gasteiger partial charge in [0.2, 0.25) is 0 Å². The molecule has 2 N–H and O–H groups in total. The monoisotopic (exact) mass is 210 g/mol. The zero-order chi connectivity index (χ0) is 10.7. The van der Waals surface area contributed by atoms with Crippen LogP contribution in [0.2, 0.25) is 0 Å². The fraction of sp³-hybridized carbons (Fsp3) is 0.727. The van der Waals surface area contributed by atoms with E-state index in [1.54, 1.807) is 13.3 Å². The summed E-state index contributed by atoms with van der Waals surface area (Å²) >= 11 is 0. The Morgan fingerprint density at radius 2 is 2.40 bits per heavy atom. The topological polar surface area (TPSA) is 61.3 Å². The minimum absolute atomic E-state index is 0.0134. The maximum Gasteiger partial charge on any atom is 0.195 e. The third-order valence-corrected chi connectivity index (χ3v) is 3.15. The van der Waals surface area contributed by atoms with Crippen LogP contribution in [-0.4, -0.2) is 24.2 Å². The van der Waals surface area contributed by atoms with Gasteiger partial charge in [-0.15, -0.1) is 0 Å². The molecule has 0 aliphatic heterocycles. The van der Waals surface area contributed by atoms with Gasteiger partial charge in [0.15, 0.2) is 5.89 Å². The van der Waals surface area contributed by atoms with E-state index in [1.807, 2.05) is 0 Å². The van der Waals surface area contributed by atoms with E-state index in [0.717, 1.165) is 30.9 Å². The van der Waals surface area contributed by atoms with Gasteiger partial charge in [-0.2, -0.15) is 0 Å². The van der Waals surface area contributed by atoms with Gasteiger partial charge in [-0.05, 0) is 19.3 Å². The Morgan fingerprint density at radius 3 is 2.93 bits per heavy atom. The molecule has 4 heteroatoms. The van der Waals surface area contributed by atoms with Gasteiger partial charge in [0.05, 0.1) is 11.8 Å². The number of aromatic nitrogens is 1. The highest BCUT2D eigenvalue weighted by molar-refractivity contribution is 5.04. The molecule has 0 bridgehead atoms. The van der Waals surface area contributed by atoms with Crippen LogP contribution in [0.25, 0.3) is 0 Å². The molecule has 1 fully saturated rings. The Balaban J connectivity index is 1.97. The number of nitrogens with two attached hydrogens (primary N) is 1. The lowest BCUT2D eigenvalue weighted by Gasteiger charge is -2.39. The van der Waals surface area contributed by atoms with E-state index < -0.39 is 0 Å². The van der Waals surface area contributed by atoms with Crippen molar-refractivity contribution in [3.63, 3.8) is 0 Å². The molecule has 0 amide bonds. The summed E-state index contributed by atoms with van der Waals surface area (Å²) in [6, 6.07) is 0. The van der Waals surface area contributed by atoms with Crippen LogP contribution < -0.4 is 5.73 Å². The van der Waals surface area contributed by atoms with Gasteiger partial charge in [0.1, 0.15) is 5.76 Å². The fourth-order valence-electron chi connectivity index (χ4n) is 2.01. The number of oxazole rings is 1. The van der Waals surface area contributed by atoms with Crippen LogP contribution >= 0.6 is 0 Å². The molecule has 1 aliphatic carbocycles. The molecule has 1 heterocycles. The van der Waals surface area contributed by atoms with Crippen LogP contribution in [0.4, 0.5) is 0 Å². The molecule has 1 aliphatic rings. The summed E-state index contributed by atoms with van der Waals surface area (Å²) in [6.07, 6.45) is 6.83. The van der Waals surface area contributed by atoms with Crippen molar-refractivity contribution in [2.75, 3.05) is 13.7 Å². The Kier molecular flexibility index (Phi) is 3.07. The van der Waals surface area contributed by atoms with E-state index >= 15 is 0 Å². The highest BCUT2D eigenvalue weighted by Crippen LogP contribution is 2.37. The van der Waals surface area contributed by atoms with Crippen LogP contribution in [0.1, 0.15) is 30.9 Å². The van der Waals surface area contributed by atoms with Crippen molar-refractivity contribution >= 4 is 0 Å². The molecule has 84 valence electrons. The van der Waals surface area contributed by atoms with Crippen molar-refractivity contribution in [3.8, 4) is 0 Å². The second-order valence-electron chi connectivity index (χ2n) is 4.18. The van der Waals surface area contributed by atoms with E-state index in [9.17, 15) is 0 Å². The summed E-state index contributed by atoms with van der Waals surface area (Å²) in [6.45, 7) is 0.579. The SMILES string of the molecule is COC1(Cc2cnc(CCN)o2)CCC1. The van der Waals surface area contributed by atoms with Gasteiger partial charge >= 0.3 is 0 Å². The number of ether oxygens (including phenoxy) is 1. The lowest BCUT2D eigenvalue weighted by atomic mass is 9.77. The van der Waals surface area contributed by atoms with E-state index in [-0.39, 0.29) is 5.60 Å². The van der Waals surface area contributed by atoms with Crippen molar-refractivity contribution in [1.29, 1.82) is 0 Å². The van der Waals surface area contributed by atoms with Crippen molar-refractivity contribution in [3.05, 3.63) is 17.8 Å². The molecular formula is C11H18N2O2. The van der Waals surface area contributed by atoms with Gasteiger partial charge in [-0.3, -0.25) is 0 Å². The number of hydrogen-bond acceptors (Lipinski definition) is 4. The first-order valence-electron chi connectivity index (χ1n) is 5.47. The average molecular weight is 210 g/mol. The van der Waals surface area contributed by atoms with Crippen molar-refractivity contribution in [1.82, 2.24) is 4.98 Å². The van der Waals surface area contributed by atoms with E-state index in [2.05, 4.69) is 4.98 Å². The maximum absolute atomic E-state index is 5.59. The first kappa shape index (κ1) is 10.6. The van der Waals surface area contributed by atoms with Crippen LogP contribution in [0.15, 0.2) is 10.6 Å². The van der Waals surface area contributed by atoms with Gasteiger partial charge in [0, 0.05) is 26.5 Å². The van der Waals surface area contributed by atoms with E-state index in [4.69, 9.17) is 14.9 Å². The zero-order valence-corrected chi connectivity index (χ0v) is 9.16.